The number of ether oxygens (including phenoxy) is 1. The molecule has 3 rings (SSSR count). The number of aryl methyl sites for hydroxylation is 1. The van der Waals surface area contributed by atoms with Gasteiger partial charge in [0.25, 0.3) is 0 Å². The topological polar surface area (TPSA) is 57.7 Å². The number of fused-ring (bicyclic) bond motifs is 1. The first-order chi connectivity index (χ1) is 11.2. The highest BCUT2D eigenvalue weighted by Crippen LogP contribution is 2.37. The summed E-state index contributed by atoms with van der Waals surface area (Å²) in [7, 11) is 0.880. The number of hydrogen-bond donors (Lipinski definition) is 0. The molecular formula is C18H22BNO4. The van der Waals surface area contributed by atoms with Crippen molar-refractivity contribution in [3.63, 3.8) is 0 Å². The zero-order valence-corrected chi connectivity index (χ0v) is 15.0. The van der Waals surface area contributed by atoms with Gasteiger partial charge in [-0.2, -0.15) is 0 Å². The first-order valence-electron chi connectivity index (χ1n) is 8.00. The SMILES string of the molecule is COC(=O)c1ccc2c(B3OC(C)(C)C(C)(C)O3)ccc(C)c2n1. The summed E-state index contributed by atoms with van der Waals surface area (Å²) in [5.41, 5.74) is 2.13. The minimum atomic E-state index is -0.469. The maximum Gasteiger partial charge on any atom is 0.495 e. The molecule has 6 heteroatoms. The minimum Gasteiger partial charge on any atom is -0.464 e. The number of benzene rings is 1. The largest absolute Gasteiger partial charge is 0.495 e. The van der Waals surface area contributed by atoms with Gasteiger partial charge in [-0.05, 0) is 51.7 Å². The van der Waals surface area contributed by atoms with E-state index < -0.39 is 24.3 Å². The number of rotatable bonds is 2. The number of pyridine rings is 1. The second-order valence-electron chi connectivity index (χ2n) is 7.14. The summed E-state index contributed by atoms with van der Waals surface area (Å²) in [5.74, 6) is -0.447. The average Bonchev–Trinajstić information content (AvgIpc) is 2.74. The molecule has 0 atom stereocenters. The molecule has 0 amide bonds. The van der Waals surface area contributed by atoms with E-state index in [1.165, 1.54) is 7.11 Å². The zero-order valence-electron chi connectivity index (χ0n) is 15.0. The van der Waals surface area contributed by atoms with E-state index in [-0.39, 0.29) is 0 Å². The van der Waals surface area contributed by atoms with Crippen LogP contribution in [0.2, 0.25) is 0 Å². The third-order valence-corrected chi connectivity index (χ3v) is 4.99. The van der Waals surface area contributed by atoms with Crippen molar-refractivity contribution in [1.82, 2.24) is 4.98 Å². The molecule has 0 bridgehead atoms. The lowest BCUT2D eigenvalue weighted by molar-refractivity contribution is 0.00578. The molecule has 0 spiro atoms. The molecule has 1 aromatic heterocycles. The lowest BCUT2D eigenvalue weighted by atomic mass is 9.76. The van der Waals surface area contributed by atoms with Gasteiger partial charge in [-0.1, -0.05) is 18.2 Å². The summed E-state index contributed by atoms with van der Waals surface area (Å²) in [6, 6.07) is 7.51. The fourth-order valence-corrected chi connectivity index (χ4v) is 2.77. The Balaban J connectivity index is 2.11. The Kier molecular flexibility index (Phi) is 3.93. The van der Waals surface area contributed by atoms with Gasteiger partial charge >= 0.3 is 13.1 Å². The summed E-state index contributed by atoms with van der Waals surface area (Å²) < 4.78 is 17.1. The molecule has 1 aliphatic rings. The molecule has 0 unspecified atom stereocenters. The smallest absolute Gasteiger partial charge is 0.464 e. The maximum atomic E-state index is 11.7. The van der Waals surface area contributed by atoms with Crippen LogP contribution in [0.1, 0.15) is 43.7 Å². The van der Waals surface area contributed by atoms with Crippen molar-refractivity contribution >= 4 is 29.5 Å². The number of aromatic nitrogens is 1. The van der Waals surface area contributed by atoms with E-state index >= 15 is 0 Å². The summed E-state index contributed by atoms with van der Waals surface area (Å²) in [4.78, 5) is 16.2. The Morgan fingerprint density at radius 2 is 1.71 bits per heavy atom. The Bertz CT molecular complexity index is 800. The van der Waals surface area contributed by atoms with Crippen LogP contribution >= 0.6 is 0 Å². The van der Waals surface area contributed by atoms with E-state index in [2.05, 4.69) is 4.98 Å². The van der Waals surface area contributed by atoms with Gasteiger partial charge in [0.15, 0.2) is 0 Å². The zero-order chi connectivity index (χ0) is 17.7. The van der Waals surface area contributed by atoms with Crippen molar-refractivity contribution in [2.24, 2.45) is 0 Å². The molecule has 126 valence electrons. The molecule has 24 heavy (non-hydrogen) atoms. The molecule has 1 aliphatic heterocycles. The van der Waals surface area contributed by atoms with E-state index in [4.69, 9.17) is 14.0 Å². The van der Waals surface area contributed by atoms with Crippen LogP contribution in [-0.2, 0) is 14.0 Å². The van der Waals surface area contributed by atoms with Gasteiger partial charge in [-0.25, -0.2) is 9.78 Å². The number of nitrogens with zero attached hydrogens (tertiary/aromatic N) is 1. The van der Waals surface area contributed by atoms with Crippen LogP contribution in [0.5, 0.6) is 0 Å². The van der Waals surface area contributed by atoms with Crippen molar-refractivity contribution < 1.29 is 18.8 Å². The first kappa shape index (κ1) is 16.9. The predicted octanol–water partition coefficient (Wildman–Crippen LogP) is 2.63. The highest BCUT2D eigenvalue weighted by atomic mass is 16.7. The third kappa shape index (κ3) is 2.60. The minimum absolute atomic E-state index is 0.291. The highest BCUT2D eigenvalue weighted by Gasteiger charge is 2.52. The van der Waals surface area contributed by atoms with Crippen molar-refractivity contribution in [3.8, 4) is 0 Å². The van der Waals surface area contributed by atoms with E-state index in [0.717, 1.165) is 21.9 Å². The molecule has 0 N–H and O–H groups in total. The number of esters is 1. The van der Waals surface area contributed by atoms with Crippen LogP contribution in [-0.4, -0.2) is 36.4 Å². The quantitative estimate of drug-likeness (QED) is 0.627. The van der Waals surface area contributed by atoms with Gasteiger partial charge in [0.05, 0.1) is 23.8 Å². The van der Waals surface area contributed by atoms with Crippen LogP contribution in [0.15, 0.2) is 24.3 Å². The van der Waals surface area contributed by atoms with Gasteiger partial charge in [0.1, 0.15) is 5.69 Å². The van der Waals surface area contributed by atoms with Crippen molar-refractivity contribution in [1.29, 1.82) is 0 Å². The molecule has 1 aromatic carbocycles. The predicted molar refractivity (Wildman–Crippen MR) is 93.5 cm³/mol. The molecule has 1 saturated heterocycles. The van der Waals surface area contributed by atoms with Crippen molar-refractivity contribution in [2.45, 2.75) is 45.8 Å². The summed E-state index contributed by atoms with van der Waals surface area (Å²) in [5, 5.41) is 0.918. The average molecular weight is 327 g/mol. The van der Waals surface area contributed by atoms with Gasteiger partial charge in [0, 0.05) is 5.39 Å². The number of carbonyl (C=O) groups is 1. The fourth-order valence-electron chi connectivity index (χ4n) is 2.77. The number of carbonyl (C=O) groups excluding carboxylic acids is 1. The summed E-state index contributed by atoms with van der Waals surface area (Å²) in [6.07, 6.45) is 0. The molecule has 2 heterocycles. The van der Waals surface area contributed by atoms with Gasteiger partial charge in [-0.15, -0.1) is 0 Å². The van der Waals surface area contributed by atoms with E-state index in [1.807, 2.05) is 52.8 Å². The molecule has 0 radical (unpaired) electrons. The Hall–Kier alpha value is -1.92. The molecule has 1 fully saturated rings. The Morgan fingerprint density at radius 3 is 2.29 bits per heavy atom. The Labute approximate surface area is 142 Å². The fraction of sp³-hybridized carbons (Fsp3) is 0.444. The van der Waals surface area contributed by atoms with E-state index in [9.17, 15) is 4.79 Å². The number of hydrogen-bond acceptors (Lipinski definition) is 5. The van der Waals surface area contributed by atoms with Gasteiger partial charge in [-0.3, -0.25) is 0 Å². The Morgan fingerprint density at radius 1 is 1.08 bits per heavy atom. The van der Waals surface area contributed by atoms with Crippen LogP contribution in [0.3, 0.4) is 0 Å². The second kappa shape index (κ2) is 5.57. The second-order valence-corrected chi connectivity index (χ2v) is 7.14. The van der Waals surface area contributed by atoms with Crippen molar-refractivity contribution in [2.75, 3.05) is 7.11 Å². The standard InChI is InChI=1S/C18H22BNO4/c1-11-7-9-13(19-23-17(2,3)18(4,5)24-19)12-8-10-14(16(21)22-6)20-15(11)12/h7-10H,1-6H3. The maximum absolute atomic E-state index is 11.7. The highest BCUT2D eigenvalue weighted by molar-refractivity contribution is 6.65. The molecule has 5 nitrogen and oxygen atoms in total. The summed E-state index contributed by atoms with van der Waals surface area (Å²) in [6.45, 7) is 10.1. The van der Waals surface area contributed by atoms with E-state index in [1.54, 1.807) is 6.07 Å². The van der Waals surface area contributed by atoms with E-state index in [0.29, 0.717) is 5.69 Å². The van der Waals surface area contributed by atoms with Gasteiger partial charge < -0.3 is 14.0 Å². The first-order valence-corrected chi connectivity index (χ1v) is 8.00. The van der Waals surface area contributed by atoms with Crippen LogP contribution in [0.4, 0.5) is 0 Å². The molecule has 0 aliphatic carbocycles. The molecule has 2 aromatic rings. The van der Waals surface area contributed by atoms with Crippen LogP contribution in [0, 0.1) is 6.92 Å². The lowest BCUT2D eigenvalue weighted by Gasteiger charge is -2.32. The molecule has 0 saturated carbocycles. The van der Waals surface area contributed by atoms with Crippen LogP contribution in [0.25, 0.3) is 10.9 Å². The molecular weight excluding hydrogens is 305 g/mol. The van der Waals surface area contributed by atoms with Crippen molar-refractivity contribution in [3.05, 3.63) is 35.5 Å². The normalized spacial score (nSPS) is 18.8. The van der Waals surface area contributed by atoms with Gasteiger partial charge in [0.2, 0.25) is 0 Å². The summed E-state index contributed by atoms with van der Waals surface area (Å²) >= 11 is 0. The van der Waals surface area contributed by atoms with Crippen LogP contribution < -0.4 is 5.46 Å². The monoisotopic (exact) mass is 327 g/mol. The lowest BCUT2D eigenvalue weighted by Crippen LogP contribution is -2.41. The number of methoxy groups -OCH3 is 1. The third-order valence-electron chi connectivity index (χ3n) is 4.99.